The van der Waals surface area contributed by atoms with Crippen LogP contribution in [0.15, 0.2) is 30.6 Å². The van der Waals surface area contributed by atoms with Crippen LogP contribution in [0.5, 0.6) is 0 Å². The summed E-state index contributed by atoms with van der Waals surface area (Å²) in [6.07, 6.45) is 3.67. The van der Waals surface area contributed by atoms with Crippen molar-refractivity contribution in [1.82, 2.24) is 19.6 Å². The van der Waals surface area contributed by atoms with Gasteiger partial charge in [0.05, 0.1) is 42.2 Å². The van der Waals surface area contributed by atoms with Gasteiger partial charge in [0.25, 0.3) is 0 Å². The van der Waals surface area contributed by atoms with Crippen LogP contribution in [-0.4, -0.2) is 53.0 Å². The lowest BCUT2D eigenvalue weighted by Crippen LogP contribution is -2.36. The first-order chi connectivity index (χ1) is 13.9. The van der Waals surface area contributed by atoms with Crippen LogP contribution in [0.4, 0.5) is 5.69 Å². The van der Waals surface area contributed by atoms with Crippen molar-refractivity contribution in [3.8, 4) is 11.3 Å². The van der Waals surface area contributed by atoms with Crippen molar-refractivity contribution in [2.45, 2.75) is 33.8 Å². The van der Waals surface area contributed by atoms with E-state index in [1.807, 2.05) is 36.0 Å². The summed E-state index contributed by atoms with van der Waals surface area (Å²) in [5.41, 5.74) is 5.76. The van der Waals surface area contributed by atoms with Gasteiger partial charge < -0.3 is 14.4 Å². The van der Waals surface area contributed by atoms with Crippen molar-refractivity contribution >= 4 is 11.3 Å². The molecule has 154 valence electrons. The minimum absolute atomic E-state index is 0.0306. The molecule has 0 spiro atoms. The third-order valence-corrected chi connectivity index (χ3v) is 5.37. The zero-order valence-electron chi connectivity index (χ0n) is 17.8. The third-order valence-electron chi connectivity index (χ3n) is 5.37. The molecular formula is C22H29N5O2. The first-order valence-electron chi connectivity index (χ1n) is 10.1. The average molecular weight is 396 g/mol. The summed E-state index contributed by atoms with van der Waals surface area (Å²) >= 11 is 0. The van der Waals surface area contributed by atoms with Gasteiger partial charge in [-0.3, -0.25) is 4.98 Å². The molecule has 1 aliphatic heterocycles. The molecule has 0 radical (unpaired) electrons. The maximum Gasteiger partial charge on any atom is 0.178 e. The number of nitrogens with zero attached hydrogens (tertiary/aromatic N) is 5. The molecule has 1 fully saturated rings. The van der Waals surface area contributed by atoms with Crippen LogP contribution in [0, 0.1) is 12.3 Å². The highest BCUT2D eigenvalue weighted by Gasteiger charge is 2.27. The van der Waals surface area contributed by atoms with E-state index < -0.39 is 0 Å². The molecule has 1 saturated heterocycles. The smallest absolute Gasteiger partial charge is 0.178 e. The number of aromatic nitrogens is 4. The van der Waals surface area contributed by atoms with E-state index in [1.54, 1.807) is 7.11 Å². The zero-order chi connectivity index (χ0) is 20.6. The quantitative estimate of drug-likeness (QED) is 0.672. The van der Waals surface area contributed by atoms with Gasteiger partial charge in [-0.25, -0.2) is 9.50 Å². The molecule has 3 aromatic heterocycles. The SMILES string of the molecule is COC(c1ccc(-c2c(C)nc3c(N4CCOCC4)ccnn23)cn1)C(C)(C)C. The van der Waals surface area contributed by atoms with E-state index in [4.69, 9.17) is 19.4 Å². The Hall–Kier alpha value is -2.51. The predicted molar refractivity (Wildman–Crippen MR) is 113 cm³/mol. The molecule has 29 heavy (non-hydrogen) atoms. The van der Waals surface area contributed by atoms with Crippen LogP contribution >= 0.6 is 0 Å². The number of methoxy groups -OCH3 is 1. The normalized spacial score (nSPS) is 16.4. The summed E-state index contributed by atoms with van der Waals surface area (Å²) in [4.78, 5) is 11.9. The standard InChI is InChI=1S/C22H29N5O2/c1-15-19(16-6-7-17(23-14-16)20(28-5)22(2,3)4)27-21(25-15)18(8-9-24-27)26-10-12-29-13-11-26/h6-9,14,20H,10-13H2,1-5H3. The van der Waals surface area contributed by atoms with Crippen molar-refractivity contribution in [1.29, 1.82) is 0 Å². The number of rotatable bonds is 4. The second kappa shape index (κ2) is 7.72. The Balaban J connectivity index is 1.74. The van der Waals surface area contributed by atoms with E-state index in [-0.39, 0.29) is 11.5 Å². The van der Waals surface area contributed by atoms with Crippen molar-refractivity contribution in [2.24, 2.45) is 5.41 Å². The fourth-order valence-corrected chi connectivity index (χ4v) is 4.04. The molecule has 0 aromatic carbocycles. The lowest BCUT2D eigenvalue weighted by Gasteiger charge is -2.29. The molecule has 0 aliphatic carbocycles. The van der Waals surface area contributed by atoms with Crippen LogP contribution in [0.3, 0.4) is 0 Å². The summed E-state index contributed by atoms with van der Waals surface area (Å²) in [6, 6.07) is 6.16. The van der Waals surface area contributed by atoms with Gasteiger partial charge in [0.1, 0.15) is 6.10 Å². The number of imidazole rings is 1. The highest BCUT2D eigenvalue weighted by Crippen LogP contribution is 2.35. The Morgan fingerprint density at radius 1 is 1.14 bits per heavy atom. The maximum absolute atomic E-state index is 5.70. The van der Waals surface area contributed by atoms with Crippen LogP contribution in [-0.2, 0) is 9.47 Å². The first-order valence-corrected chi connectivity index (χ1v) is 10.1. The summed E-state index contributed by atoms with van der Waals surface area (Å²) in [5, 5.41) is 4.59. The minimum Gasteiger partial charge on any atom is -0.378 e. The molecule has 1 atom stereocenters. The molecule has 0 amide bonds. The van der Waals surface area contributed by atoms with E-state index in [1.165, 1.54) is 0 Å². The van der Waals surface area contributed by atoms with Crippen molar-refractivity contribution in [3.63, 3.8) is 0 Å². The van der Waals surface area contributed by atoms with Gasteiger partial charge in [-0.1, -0.05) is 20.8 Å². The van der Waals surface area contributed by atoms with Crippen LogP contribution < -0.4 is 4.90 Å². The summed E-state index contributed by atoms with van der Waals surface area (Å²) in [7, 11) is 1.73. The van der Waals surface area contributed by atoms with E-state index in [9.17, 15) is 0 Å². The Labute approximate surface area is 171 Å². The minimum atomic E-state index is -0.0640. The largest absolute Gasteiger partial charge is 0.378 e. The lowest BCUT2D eigenvalue weighted by atomic mass is 9.86. The highest BCUT2D eigenvalue weighted by atomic mass is 16.5. The number of ether oxygens (including phenoxy) is 2. The molecule has 0 saturated carbocycles. The number of aryl methyl sites for hydroxylation is 1. The van der Waals surface area contributed by atoms with E-state index in [0.717, 1.165) is 60.3 Å². The van der Waals surface area contributed by atoms with Gasteiger partial charge >= 0.3 is 0 Å². The number of hydrogen-bond donors (Lipinski definition) is 0. The van der Waals surface area contributed by atoms with Crippen LogP contribution in [0.25, 0.3) is 16.9 Å². The van der Waals surface area contributed by atoms with Gasteiger partial charge in [0, 0.05) is 32.0 Å². The summed E-state index contributed by atoms with van der Waals surface area (Å²) < 4.78 is 13.1. The zero-order valence-corrected chi connectivity index (χ0v) is 17.8. The molecule has 4 heterocycles. The Morgan fingerprint density at radius 3 is 2.52 bits per heavy atom. The topological polar surface area (TPSA) is 64.8 Å². The van der Waals surface area contributed by atoms with E-state index in [2.05, 4.69) is 36.8 Å². The molecular weight excluding hydrogens is 366 g/mol. The summed E-state index contributed by atoms with van der Waals surface area (Å²) in [6.45, 7) is 11.7. The molecule has 1 unspecified atom stereocenters. The maximum atomic E-state index is 5.70. The van der Waals surface area contributed by atoms with Crippen molar-refractivity contribution in [2.75, 3.05) is 38.3 Å². The van der Waals surface area contributed by atoms with Crippen molar-refractivity contribution < 1.29 is 9.47 Å². The number of fused-ring (bicyclic) bond motifs is 1. The molecule has 7 nitrogen and oxygen atoms in total. The predicted octanol–water partition coefficient (Wildman–Crippen LogP) is 3.67. The first kappa shape index (κ1) is 19.8. The monoisotopic (exact) mass is 395 g/mol. The van der Waals surface area contributed by atoms with Crippen LogP contribution in [0.2, 0.25) is 0 Å². The van der Waals surface area contributed by atoms with Gasteiger partial charge in [-0.05, 0) is 30.5 Å². The number of morpholine rings is 1. The van der Waals surface area contributed by atoms with Gasteiger partial charge in [-0.15, -0.1) is 0 Å². The number of hydrogen-bond acceptors (Lipinski definition) is 6. The molecule has 0 bridgehead atoms. The number of anilines is 1. The van der Waals surface area contributed by atoms with Crippen molar-refractivity contribution in [3.05, 3.63) is 42.0 Å². The Morgan fingerprint density at radius 2 is 1.90 bits per heavy atom. The second-order valence-electron chi connectivity index (χ2n) is 8.55. The fraction of sp³-hybridized carbons (Fsp3) is 0.500. The number of pyridine rings is 1. The van der Waals surface area contributed by atoms with Crippen LogP contribution in [0.1, 0.15) is 38.3 Å². The lowest BCUT2D eigenvalue weighted by molar-refractivity contribution is 0.0121. The summed E-state index contributed by atoms with van der Waals surface area (Å²) in [5.74, 6) is 0. The average Bonchev–Trinajstić information content (AvgIpc) is 3.04. The van der Waals surface area contributed by atoms with Gasteiger partial charge in [0.2, 0.25) is 0 Å². The Kier molecular flexibility index (Phi) is 5.27. The van der Waals surface area contributed by atoms with Gasteiger partial charge in [0.15, 0.2) is 5.65 Å². The fourth-order valence-electron chi connectivity index (χ4n) is 4.04. The highest BCUT2D eigenvalue weighted by molar-refractivity contribution is 5.75. The van der Waals surface area contributed by atoms with E-state index in [0.29, 0.717) is 0 Å². The molecule has 3 aromatic rings. The molecule has 1 aliphatic rings. The van der Waals surface area contributed by atoms with E-state index >= 15 is 0 Å². The molecule has 4 rings (SSSR count). The molecule has 0 N–H and O–H groups in total. The molecule has 7 heteroatoms. The third kappa shape index (κ3) is 3.72. The second-order valence-corrected chi connectivity index (χ2v) is 8.55. The van der Waals surface area contributed by atoms with Gasteiger partial charge in [-0.2, -0.15) is 5.10 Å². The Bertz CT molecular complexity index is 985.